The first-order valence-electron chi connectivity index (χ1n) is 6.56. The quantitative estimate of drug-likeness (QED) is 0.755. The minimum atomic E-state index is -0.322. The second-order valence-electron chi connectivity index (χ2n) is 4.49. The predicted molar refractivity (Wildman–Crippen MR) is 72.2 cm³/mol. The standard InChI is InChI=1S/C14H22N2O2/c1-3-5-6-11(4-2)10-18-14(17)12-7-8-13(15)16-9-12/h7-9,11H,3-6,10H2,1-2H3,(H2,15,16). The third-order valence-electron chi connectivity index (χ3n) is 3.02. The van der Waals surface area contributed by atoms with Gasteiger partial charge in [0.2, 0.25) is 0 Å². The molecule has 0 amide bonds. The van der Waals surface area contributed by atoms with Crippen LogP contribution in [0.1, 0.15) is 49.9 Å². The Bertz CT molecular complexity index is 363. The lowest BCUT2D eigenvalue weighted by atomic mass is 10.0. The zero-order valence-corrected chi connectivity index (χ0v) is 11.2. The van der Waals surface area contributed by atoms with E-state index in [2.05, 4.69) is 18.8 Å². The Balaban J connectivity index is 2.42. The summed E-state index contributed by atoms with van der Waals surface area (Å²) in [5.74, 6) is 0.536. The molecule has 0 bridgehead atoms. The zero-order chi connectivity index (χ0) is 13.4. The van der Waals surface area contributed by atoms with Crippen LogP contribution in [-0.4, -0.2) is 17.6 Å². The molecule has 0 spiro atoms. The van der Waals surface area contributed by atoms with E-state index in [1.54, 1.807) is 12.1 Å². The lowest BCUT2D eigenvalue weighted by molar-refractivity contribution is 0.0428. The van der Waals surface area contributed by atoms with Gasteiger partial charge in [0, 0.05) is 6.20 Å². The number of aromatic nitrogens is 1. The topological polar surface area (TPSA) is 65.2 Å². The normalized spacial score (nSPS) is 12.1. The summed E-state index contributed by atoms with van der Waals surface area (Å²) < 4.78 is 5.30. The molecule has 1 aromatic heterocycles. The van der Waals surface area contributed by atoms with E-state index in [1.807, 2.05) is 0 Å². The molecule has 1 rings (SSSR count). The Morgan fingerprint density at radius 3 is 2.78 bits per heavy atom. The monoisotopic (exact) mass is 250 g/mol. The number of hydrogen-bond acceptors (Lipinski definition) is 4. The van der Waals surface area contributed by atoms with Gasteiger partial charge in [-0.15, -0.1) is 0 Å². The number of ether oxygens (including phenoxy) is 1. The summed E-state index contributed by atoms with van der Waals surface area (Å²) in [6, 6.07) is 3.24. The highest BCUT2D eigenvalue weighted by Crippen LogP contribution is 2.14. The molecule has 0 saturated carbocycles. The fraction of sp³-hybridized carbons (Fsp3) is 0.571. The molecule has 4 nitrogen and oxygen atoms in total. The first-order chi connectivity index (χ1) is 8.67. The van der Waals surface area contributed by atoms with Gasteiger partial charge in [0.15, 0.2) is 0 Å². The molecule has 0 aliphatic carbocycles. The maximum absolute atomic E-state index is 11.7. The molecule has 100 valence electrons. The number of pyridine rings is 1. The van der Waals surface area contributed by atoms with Crippen molar-refractivity contribution in [2.45, 2.75) is 39.5 Å². The van der Waals surface area contributed by atoms with Crippen LogP contribution in [0.2, 0.25) is 0 Å². The molecule has 0 aromatic carbocycles. The van der Waals surface area contributed by atoms with Crippen LogP contribution in [0.25, 0.3) is 0 Å². The smallest absolute Gasteiger partial charge is 0.339 e. The van der Waals surface area contributed by atoms with Crippen LogP contribution < -0.4 is 5.73 Å². The van der Waals surface area contributed by atoms with Crippen LogP contribution in [0, 0.1) is 5.92 Å². The highest BCUT2D eigenvalue weighted by molar-refractivity contribution is 5.89. The van der Waals surface area contributed by atoms with E-state index < -0.39 is 0 Å². The first kappa shape index (κ1) is 14.5. The number of anilines is 1. The number of unbranched alkanes of at least 4 members (excludes halogenated alkanes) is 1. The minimum Gasteiger partial charge on any atom is -0.462 e. The summed E-state index contributed by atoms with van der Waals surface area (Å²) in [6.45, 7) is 4.78. The van der Waals surface area contributed by atoms with Crippen molar-refractivity contribution in [3.8, 4) is 0 Å². The van der Waals surface area contributed by atoms with Crippen molar-refractivity contribution < 1.29 is 9.53 Å². The van der Waals surface area contributed by atoms with E-state index in [0.29, 0.717) is 23.9 Å². The van der Waals surface area contributed by atoms with Crippen molar-refractivity contribution in [3.63, 3.8) is 0 Å². The highest BCUT2D eigenvalue weighted by Gasteiger charge is 2.11. The Morgan fingerprint density at radius 1 is 1.44 bits per heavy atom. The summed E-state index contributed by atoms with van der Waals surface area (Å²) in [5, 5.41) is 0. The van der Waals surface area contributed by atoms with Gasteiger partial charge in [-0.1, -0.05) is 33.1 Å². The molecule has 0 fully saturated rings. The molecule has 0 saturated heterocycles. The average Bonchev–Trinajstić information content (AvgIpc) is 2.39. The largest absolute Gasteiger partial charge is 0.462 e. The van der Waals surface area contributed by atoms with Crippen molar-refractivity contribution in [1.29, 1.82) is 0 Å². The van der Waals surface area contributed by atoms with Gasteiger partial charge in [-0.2, -0.15) is 0 Å². The Hall–Kier alpha value is -1.58. The molecule has 2 N–H and O–H groups in total. The van der Waals surface area contributed by atoms with Gasteiger partial charge in [0.05, 0.1) is 12.2 Å². The fourth-order valence-electron chi connectivity index (χ4n) is 1.70. The third-order valence-corrected chi connectivity index (χ3v) is 3.02. The van der Waals surface area contributed by atoms with Gasteiger partial charge in [0.25, 0.3) is 0 Å². The summed E-state index contributed by atoms with van der Waals surface area (Å²) in [6.07, 6.45) is 5.95. The molecule has 0 aliphatic heterocycles. The van der Waals surface area contributed by atoms with Gasteiger partial charge in [-0.25, -0.2) is 9.78 Å². The number of hydrogen-bond donors (Lipinski definition) is 1. The third kappa shape index (κ3) is 4.73. The van der Waals surface area contributed by atoms with Crippen LogP contribution in [0.15, 0.2) is 18.3 Å². The molecule has 4 heteroatoms. The van der Waals surface area contributed by atoms with Gasteiger partial charge in [-0.05, 0) is 24.5 Å². The van der Waals surface area contributed by atoms with E-state index in [1.165, 1.54) is 19.0 Å². The lowest BCUT2D eigenvalue weighted by Crippen LogP contribution is -2.14. The SMILES string of the molecule is CCCCC(CC)COC(=O)c1ccc(N)nc1. The van der Waals surface area contributed by atoms with E-state index in [0.717, 1.165) is 12.8 Å². The molecular formula is C14H22N2O2. The van der Waals surface area contributed by atoms with Crippen LogP contribution >= 0.6 is 0 Å². The average molecular weight is 250 g/mol. The molecule has 1 heterocycles. The summed E-state index contributed by atoms with van der Waals surface area (Å²) >= 11 is 0. The number of carbonyl (C=O) groups excluding carboxylic acids is 1. The van der Waals surface area contributed by atoms with Crippen LogP contribution in [0.4, 0.5) is 5.82 Å². The summed E-state index contributed by atoms with van der Waals surface area (Å²) in [7, 11) is 0. The number of nitrogen functional groups attached to an aromatic ring is 1. The molecule has 0 aliphatic rings. The van der Waals surface area contributed by atoms with Crippen molar-refractivity contribution >= 4 is 11.8 Å². The number of rotatable bonds is 7. The van der Waals surface area contributed by atoms with E-state index in [-0.39, 0.29) is 5.97 Å². The summed E-state index contributed by atoms with van der Waals surface area (Å²) in [5.41, 5.74) is 5.92. The Labute approximate surface area is 109 Å². The van der Waals surface area contributed by atoms with Gasteiger partial charge in [-0.3, -0.25) is 0 Å². The van der Waals surface area contributed by atoms with Crippen molar-refractivity contribution in [2.75, 3.05) is 12.3 Å². The lowest BCUT2D eigenvalue weighted by Gasteiger charge is -2.14. The summed E-state index contributed by atoms with van der Waals surface area (Å²) in [4.78, 5) is 15.6. The molecule has 1 aromatic rings. The minimum absolute atomic E-state index is 0.322. The number of esters is 1. The van der Waals surface area contributed by atoms with Gasteiger partial charge in [0.1, 0.15) is 5.82 Å². The van der Waals surface area contributed by atoms with E-state index in [4.69, 9.17) is 10.5 Å². The molecule has 1 atom stereocenters. The van der Waals surface area contributed by atoms with Crippen LogP contribution in [0.3, 0.4) is 0 Å². The maximum atomic E-state index is 11.7. The number of nitrogens with two attached hydrogens (primary N) is 1. The van der Waals surface area contributed by atoms with Crippen molar-refractivity contribution in [2.24, 2.45) is 5.92 Å². The Kier molecular flexibility index (Phi) is 6.19. The van der Waals surface area contributed by atoms with Gasteiger partial charge >= 0.3 is 5.97 Å². The first-order valence-corrected chi connectivity index (χ1v) is 6.56. The van der Waals surface area contributed by atoms with Crippen LogP contribution in [0.5, 0.6) is 0 Å². The predicted octanol–water partition coefficient (Wildman–Crippen LogP) is 3.04. The second-order valence-corrected chi connectivity index (χ2v) is 4.49. The zero-order valence-electron chi connectivity index (χ0n) is 11.2. The molecule has 18 heavy (non-hydrogen) atoms. The number of nitrogens with zero attached hydrogens (tertiary/aromatic N) is 1. The fourth-order valence-corrected chi connectivity index (χ4v) is 1.70. The second kappa shape index (κ2) is 7.69. The molecule has 1 unspecified atom stereocenters. The Morgan fingerprint density at radius 2 is 2.22 bits per heavy atom. The van der Waals surface area contributed by atoms with Crippen molar-refractivity contribution in [3.05, 3.63) is 23.9 Å². The van der Waals surface area contributed by atoms with E-state index in [9.17, 15) is 4.79 Å². The number of carbonyl (C=O) groups is 1. The van der Waals surface area contributed by atoms with Crippen molar-refractivity contribution in [1.82, 2.24) is 4.98 Å². The molecular weight excluding hydrogens is 228 g/mol. The van der Waals surface area contributed by atoms with Crippen LogP contribution in [-0.2, 0) is 4.74 Å². The van der Waals surface area contributed by atoms with E-state index >= 15 is 0 Å². The highest BCUT2D eigenvalue weighted by atomic mass is 16.5. The molecule has 0 radical (unpaired) electrons. The van der Waals surface area contributed by atoms with Gasteiger partial charge < -0.3 is 10.5 Å². The maximum Gasteiger partial charge on any atom is 0.339 e.